The molecule has 114 valence electrons. The Morgan fingerprint density at radius 1 is 1.30 bits per heavy atom. The van der Waals surface area contributed by atoms with E-state index in [4.69, 9.17) is 9.84 Å². The van der Waals surface area contributed by atoms with Gasteiger partial charge in [-0.05, 0) is 31.6 Å². The largest absolute Gasteiger partial charge is 0.481 e. The van der Waals surface area contributed by atoms with Crippen LogP contribution in [0.4, 0.5) is 4.79 Å². The van der Waals surface area contributed by atoms with Crippen molar-refractivity contribution in [2.45, 2.75) is 38.1 Å². The lowest BCUT2D eigenvalue weighted by atomic mass is 10.00. The van der Waals surface area contributed by atoms with Crippen LogP contribution in [-0.4, -0.2) is 66.3 Å². The highest BCUT2D eigenvalue weighted by atomic mass is 16.5. The summed E-state index contributed by atoms with van der Waals surface area (Å²) >= 11 is 0. The smallest absolute Gasteiger partial charge is 0.320 e. The van der Waals surface area contributed by atoms with Crippen LogP contribution < -0.4 is 0 Å². The van der Waals surface area contributed by atoms with Gasteiger partial charge in [0.15, 0.2) is 0 Å². The van der Waals surface area contributed by atoms with Crippen molar-refractivity contribution < 1.29 is 19.4 Å². The molecule has 6 nitrogen and oxygen atoms in total. The first kappa shape index (κ1) is 15.1. The van der Waals surface area contributed by atoms with E-state index in [-0.39, 0.29) is 18.5 Å². The Bertz CT molecular complexity index is 355. The SMILES string of the molecule is CN(CC1CCOCC1)C(=O)N1CCCC1CC(=O)O. The number of ether oxygens (including phenoxy) is 1. The van der Waals surface area contributed by atoms with Crippen LogP contribution in [0.3, 0.4) is 0 Å². The molecule has 0 radical (unpaired) electrons. The third kappa shape index (κ3) is 3.85. The van der Waals surface area contributed by atoms with Crippen molar-refractivity contribution in [2.75, 3.05) is 33.4 Å². The molecule has 2 aliphatic heterocycles. The van der Waals surface area contributed by atoms with Crippen molar-refractivity contribution in [1.82, 2.24) is 9.80 Å². The second-order valence-corrected chi connectivity index (χ2v) is 5.81. The molecule has 2 fully saturated rings. The summed E-state index contributed by atoms with van der Waals surface area (Å²) in [5.41, 5.74) is 0. The summed E-state index contributed by atoms with van der Waals surface area (Å²) < 4.78 is 5.32. The Morgan fingerprint density at radius 3 is 2.65 bits per heavy atom. The van der Waals surface area contributed by atoms with Crippen molar-refractivity contribution >= 4 is 12.0 Å². The Labute approximate surface area is 119 Å². The van der Waals surface area contributed by atoms with Crippen LogP contribution in [0.5, 0.6) is 0 Å². The number of carbonyl (C=O) groups excluding carboxylic acids is 1. The summed E-state index contributed by atoms with van der Waals surface area (Å²) in [4.78, 5) is 26.8. The van der Waals surface area contributed by atoms with Gasteiger partial charge in [-0.15, -0.1) is 0 Å². The number of hydrogen-bond acceptors (Lipinski definition) is 3. The average Bonchev–Trinajstić information content (AvgIpc) is 2.86. The van der Waals surface area contributed by atoms with Gasteiger partial charge in [-0.2, -0.15) is 0 Å². The number of carbonyl (C=O) groups is 2. The highest BCUT2D eigenvalue weighted by Gasteiger charge is 2.32. The topological polar surface area (TPSA) is 70.1 Å². The summed E-state index contributed by atoms with van der Waals surface area (Å²) in [6, 6.07) is -0.169. The van der Waals surface area contributed by atoms with Crippen molar-refractivity contribution in [1.29, 1.82) is 0 Å². The number of carboxylic acids is 1. The van der Waals surface area contributed by atoms with Crippen LogP contribution in [-0.2, 0) is 9.53 Å². The van der Waals surface area contributed by atoms with Crippen LogP contribution in [0.2, 0.25) is 0 Å². The van der Waals surface area contributed by atoms with Crippen LogP contribution in [0.15, 0.2) is 0 Å². The molecule has 0 aliphatic carbocycles. The third-order valence-electron chi connectivity index (χ3n) is 4.23. The number of carboxylic acid groups (broad SMARTS) is 1. The zero-order valence-corrected chi connectivity index (χ0v) is 12.1. The molecule has 2 aliphatic rings. The Kier molecular flexibility index (Phi) is 5.23. The lowest BCUT2D eigenvalue weighted by Gasteiger charge is -2.32. The van der Waals surface area contributed by atoms with Gasteiger partial charge in [-0.3, -0.25) is 4.79 Å². The number of nitrogens with zero attached hydrogens (tertiary/aromatic N) is 2. The maximum atomic E-state index is 12.4. The van der Waals surface area contributed by atoms with Gasteiger partial charge in [0, 0.05) is 39.4 Å². The summed E-state index contributed by atoms with van der Waals surface area (Å²) in [5.74, 6) is -0.333. The van der Waals surface area contributed by atoms with Gasteiger partial charge in [0.1, 0.15) is 0 Å². The molecular formula is C14H24N2O4. The molecule has 0 aromatic carbocycles. The second kappa shape index (κ2) is 6.92. The van der Waals surface area contributed by atoms with Gasteiger partial charge in [0.2, 0.25) is 0 Å². The maximum Gasteiger partial charge on any atom is 0.320 e. The molecule has 20 heavy (non-hydrogen) atoms. The van der Waals surface area contributed by atoms with Gasteiger partial charge >= 0.3 is 12.0 Å². The quantitative estimate of drug-likeness (QED) is 0.847. The molecule has 0 aromatic heterocycles. The first-order valence-electron chi connectivity index (χ1n) is 7.39. The number of hydrogen-bond donors (Lipinski definition) is 1. The first-order valence-corrected chi connectivity index (χ1v) is 7.39. The molecule has 2 rings (SSSR count). The summed E-state index contributed by atoms with van der Waals surface area (Å²) in [7, 11) is 1.81. The standard InChI is InChI=1S/C14H24N2O4/c1-15(10-11-4-7-20-8-5-11)14(19)16-6-2-3-12(16)9-13(17)18/h11-12H,2-10H2,1H3,(H,17,18). The van der Waals surface area contributed by atoms with E-state index in [1.807, 2.05) is 7.05 Å². The van der Waals surface area contributed by atoms with Crippen LogP contribution >= 0.6 is 0 Å². The van der Waals surface area contributed by atoms with Crippen LogP contribution in [0, 0.1) is 5.92 Å². The summed E-state index contributed by atoms with van der Waals surface area (Å²) in [6.07, 6.45) is 3.74. The molecule has 6 heteroatoms. The van der Waals surface area contributed by atoms with E-state index in [2.05, 4.69) is 0 Å². The molecule has 2 amide bonds. The van der Waals surface area contributed by atoms with Crippen molar-refractivity contribution in [3.63, 3.8) is 0 Å². The van der Waals surface area contributed by atoms with E-state index in [0.717, 1.165) is 45.4 Å². The fraction of sp³-hybridized carbons (Fsp3) is 0.857. The molecule has 2 heterocycles. The normalized spacial score (nSPS) is 23.9. The van der Waals surface area contributed by atoms with E-state index in [9.17, 15) is 9.59 Å². The van der Waals surface area contributed by atoms with Gasteiger partial charge in [0.05, 0.1) is 6.42 Å². The summed E-state index contributed by atoms with van der Waals surface area (Å²) in [6.45, 7) is 2.96. The van der Waals surface area contributed by atoms with Crippen molar-refractivity contribution in [3.8, 4) is 0 Å². The number of rotatable bonds is 4. The molecule has 0 saturated carbocycles. The third-order valence-corrected chi connectivity index (χ3v) is 4.23. The zero-order chi connectivity index (χ0) is 14.5. The van der Waals surface area contributed by atoms with Gasteiger partial charge in [-0.1, -0.05) is 0 Å². The number of amides is 2. The Balaban J connectivity index is 1.86. The lowest BCUT2D eigenvalue weighted by molar-refractivity contribution is -0.138. The highest BCUT2D eigenvalue weighted by Crippen LogP contribution is 2.23. The van der Waals surface area contributed by atoms with E-state index < -0.39 is 5.97 Å². The Hall–Kier alpha value is -1.30. The van der Waals surface area contributed by atoms with Crippen LogP contribution in [0.1, 0.15) is 32.1 Å². The fourth-order valence-corrected chi connectivity index (χ4v) is 3.11. The predicted molar refractivity (Wildman–Crippen MR) is 73.5 cm³/mol. The highest BCUT2D eigenvalue weighted by molar-refractivity contribution is 5.76. The molecular weight excluding hydrogens is 260 g/mol. The van der Waals surface area contributed by atoms with E-state index in [1.54, 1.807) is 9.80 Å². The maximum absolute atomic E-state index is 12.4. The van der Waals surface area contributed by atoms with E-state index in [0.29, 0.717) is 12.5 Å². The molecule has 0 spiro atoms. The van der Waals surface area contributed by atoms with E-state index in [1.165, 1.54) is 0 Å². The Morgan fingerprint density at radius 2 is 2.00 bits per heavy atom. The molecule has 0 bridgehead atoms. The van der Waals surface area contributed by atoms with Gasteiger partial charge in [-0.25, -0.2) is 4.79 Å². The molecule has 2 saturated heterocycles. The number of aliphatic carboxylic acids is 1. The minimum Gasteiger partial charge on any atom is -0.481 e. The predicted octanol–water partition coefficient (Wildman–Crippen LogP) is 1.40. The zero-order valence-electron chi connectivity index (χ0n) is 12.1. The van der Waals surface area contributed by atoms with Crippen LogP contribution in [0.25, 0.3) is 0 Å². The summed E-state index contributed by atoms with van der Waals surface area (Å²) in [5, 5.41) is 8.91. The fourth-order valence-electron chi connectivity index (χ4n) is 3.11. The first-order chi connectivity index (χ1) is 9.58. The average molecular weight is 284 g/mol. The minimum absolute atomic E-state index is 0.0276. The number of likely N-dealkylation sites (tertiary alicyclic amines) is 1. The van der Waals surface area contributed by atoms with Gasteiger partial charge in [0.25, 0.3) is 0 Å². The number of urea groups is 1. The lowest BCUT2D eigenvalue weighted by Crippen LogP contribution is -2.46. The minimum atomic E-state index is -0.832. The monoisotopic (exact) mass is 284 g/mol. The van der Waals surface area contributed by atoms with E-state index >= 15 is 0 Å². The van der Waals surface area contributed by atoms with Crippen molar-refractivity contribution in [3.05, 3.63) is 0 Å². The molecule has 1 N–H and O–H groups in total. The second-order valence-electron chi connectivity index (χ2n) is 5.81. The molecule has 1 atom stereocenters. The molecule has 0 aromatic rings. The molecule has 1 unspecified atom stereocenters. The van der Waals surface area contributed by atoms with Crippen molar-refractivity contribution in [2.24, 2.45) is 5.92 Å². The van der Waals surface area contributed by atoms with Gasteiger partial charge < -0.3 is 19.6 Å².